The van der Waals surface area contributed by atoms with Crippen LogP contribution in [0.3, 0.4) is 0 Å². The zero-order valence-electron chi connectivity index (χ0n) is 9.47. The van der Waals surface area contributed by atoms with Crippen LogP contribution in [0.5, 0.6) is 0 Å². The highest BCUT2D eigenvalue weighted by molar-refractivity contribution is 9.09. The van der Waals surface area contributed by atoms with E-state index in [2.05, 4.69) is 61.8 Å². The highest BCUT2D eigenvalue weighted by atomic mass is 79.9. The van der Waals surface area contributed by atoms with Crippen LogP contribution in [0.4, 0.5) is 0 Å². The van der Waals surface area contributed by atoms with Crippen molar-refractivity contribution < 1.29 is 0 Å². The normalized spacial score (nSPS) is 15.2. The molecule has 0 bridgehead atoms. The third kappa shape index (κ3) is 2.60. The molecule has 0 aliphatic rings. The fourth-order valence-electron chi connectivity index (χ4n) is 1.47. The first kappa shape index (κ1) is 11.8. The molecule has 2 atom stereocenters. The summed E-state index contributed by atoms with van der Waals surface area (Å²) < 4.78 is 0. The van der Waals surface area contributed by atoms with Crippen molar-refractivity contribution in [1.29, 1.82) is 0 Å². The van der Waals surface area contributed by atoms with E-state index >= 15 is 0 Å². The minimum atomic E-state index is 0.492. The van der Waals surface area contributed by atoms with Crippen molar-refractivity contribution >= 4 is 15.9 Å². The van der Waals surface area contributed by atoms with Crippen molar-refractivity contribution in [3.63, 3.8) is 0 Å². The first-order valence-electron chi connectivity index (χ1n) is 5.27. The fraction of sp³-hybridized carbons (Fsp3) is 0.538. The van der Waals surface area contributed by atoms with Gasteiger partial charge in [0.25, 0.3) is 0 Å². The Labute approximate surface area is 95.9 Å². The molecule has 0 radical (unpaired) electrons. The highest BCUT2D eigenvalue weighted by Crippen LogP contribution is 2.33. The fourth-order valence-corrected chi connectivity index (χ4v) is 2.13. The lowest BCUT2D eigenvalue weighted by molar-refractivity contribution is 0.555. The summed E-state index contributed by atoms with van der Waals surface area (Å²) in [5.74, 6) is 0.692. The quantitative estimate of drug-likeness (QED) is 0.681. The predicted octanol–water partition coefficient (Wildman–Crippen LogP) is 4.79. The number of hydrogen-bond acceptors (Lipinski definition) is 0. The second kappa shape index (κ2) is 4.97. The van der Waals surface area contributed by atoms with Gasteiger partial charge in [0.05, 0.1) is 0 Å². The average Bonchev–Trinajstić information content (AvgIpc) is 2.20. The van der Waals surface area contributed by atoms with E-state index in [1.807, 2.05) is 0 Å². The summed E-state index contributed by atoms with van der Waals surface area (Å²) in [4.78, 5) is 0.492. The SMILES string of the molecule is CCC(C)C(Br)c1ccc(C)c(C)c1. The molecule has 78 valence electrons. The average molecular weight is 255 g/mol. The number of benzene rings is 1. The second-order valence-corrected chi connectivity index (χ2v) is 5.12. The van der Waals surface area contributed by atoms with Gasteiger partial charge in [-0.25, -0.2) is 0 Å². The van der Waals surface area contributed by atoms with Crippen LogP contribution in [0.25, 0.3) is 0 Å². The summed E-state index contributed by atoms with van der Waals surface area (Å²) in [6, 6.07) is 6.73. The first-order chi connectivity index (χ1) is 6.56. The molecule has 1 heteroatoms. The number of alkyl halides is 1. The lowest BCUT2D eigenvalue weighted by Crippen LogP contribution is -2.02. The van der Waals surface area contributed by atoms with Gasteiger partial charge in [0.1, 0.15) is 0 Å². The van der Waals surface area contributed by atoms with Crippen molar-refractivity contribution in [3.05, 3.63) is 34.9 Å². The third-order valence-corrected chi connectivity index (χ3v) is 4.42. The van der Waals surface area contributed by atoms with Crippen molar-refractivity contribution in [2.24, 2.45) is 5.92 Å². The van der Waals surface area contributed by atoms with E-state index in [1.165, 1.54) is 23.1 Å². The topological polar surface area (TPSA) is 0 Å². The van der Waals surface area contributed by atoms with Crippen LogP contribution < -0.4 is 0 Å². The molecule has 1 aromatic carbocycles. The van der Waals surface area contributed by atoms with Gasteiger partial charge in [0.15, 0.2) is 0 Å². The van der Waals surface area contributed by atoms with Gasteiger partial charge >= 0.3 is 0 Å². The summed E-state index contributed by atoms with van der Waals surface area (Å²) in [5, 5.41) is 0. The standard InChI is InChI=1S/C13H19Br/c1-5-9(2)13(14)12-7-6-10(3)11(4)8-12/h6-9,13H,5H2,1-4H3. The van der Waals surface area contributed by atoms with Crippen LogP contribution in [0.2, 0.25) is 0 Å². The van der Waals surface area contributed by atoms with Crippen molar-refractivity contribution in [2.45, 2.75) is 38.9 Å². The zero-order chi connectivity index (χ0) is 10.7. The van der Waals surface area contributed by atoms with Crippen molar-refractivity contribution in [3.8, 4) is 0 Å². The summed E-state index contributed by atoms with van der Waals surface area (Å²) in [7, 11) is 0. The molecule has 0 heterocycles. The van der Waals surface area contributed by atoms with E-state index < -0.39 is 0 Å². The van der Waals surface area contributed by atoms with Gasteiger partial charge in [-0.15, -0.1) is 0 Å². The van der Waals surface area contributed by atoms with E-state index in [-0.39, 0.29) is 0 Å². The molecule has 14 heavy (non-hydrogen) atoms. The first-order valence-corrected chi connectivity index (χ1v) is 6.19. The molecule has 2 unspecified atom stereocenters. The lowest BCUT2D eigenvalue weighted by Gasteiger charge is -2.17. The summed E-state index contributed by atoms with van der Waals surface area (Å²) in [6.45, 7) is 8.86. The minimum Gasteiger partial charge on any atom is -0.0836 e. The van der Waals surface area contributed by atoms with E-state index in [0.717, 1.165) is 0 Å². The third-order valence-electron chi connectivity index (χ3n) is 2.99. The van der Waals surface area contributed by atoms with Crippen LogP contribution in [0.15, 0.2) is 18.2 Å². The molecule has 0 aliphatic carbocycles. The molecule has 0 aliphatic heterocycles. The Balaban J connectivity index is 2.91. The highest BCUT2D eigenvalue weighted by Gasteiger charge is 2.14. The van der Waals surface area contributed by atoms with Crippen LogP contribution in [0, 0.1) is 19.8 Å². The summed E-state index contributed by atoms with van der Waals surface area (Å²) >= 11 is 3.77. The Kier molecular flexibility index (Phi) is 4.18. The molecule has 0 fully saturated rings. The van der Waals surface area contributed by atoms with Crippen LogP contribution in [-0.2, 0) is 0 Å². The number of aryl methyl sites for hydroxylation is 2. The largest absolute Gasteiger partial charge is 0.0836 e. The molecule has 0 saturated carbocycles. The summed E-state index contributed by atoms with van der Waals surface area (Å²) in [6.07, 6.45) is 1.21. The molecule has 0 saturated heterocycles. The van der Waals surface area contributed by atoms with E-state index in [1.54, 1.807) is 0 Å². The van der Waals surface area contributed by atoms with Crippen LogP contribution >= 0.6 is 15.9 Å². The van der Waals surface area contributed by atoms with Gasteiger partial charge in [-0.3, -0.25) is 0 Å². The molecule has 0 N–H and O–H groups in total. The van der Waals surface area contributed by atoms with Crippen molar-refractivity contribution in [1.82, 2.24) is 0 Å². The molecular formula is C13H19Br. The monoisotopic (exact) mass is 254 g/mol. The van der Waals surface area contributed by atoms with Gasteiger partial charge in [-0.2, -0.15) is 0 Å². The Morgan fingerprint density at radius 2 is 1.86 bits per heavy atom. The predicted molar refractivity (Wildman–Crippen MR) is 67.0 cm³/mol. The number of halogens is 1. The number of rotatable bonds is 3. The van der Waals surface area contributed by atoms with Gasteiger partial charge in [-0.05, 0) is 36.5 Å². The molecular weight excluding hydrogens is 236 g/mol. The van der Waals surface area contributed by atoms with Gasteiger partial charge < -0.3 is 0 Å². The molecule has 1 aromatic rings. The lowest BCUT2D eigenvalue weighted by atomic mass is 9.96. The Morgan fingerprint density at radius 1 is 1.21 bits per heavy atom. The van der Waals surface area contributed by atoms with Gasteiger partial charge in [0.2, 0.25) is 0 Å². The smallest absolute Gasteiger partial charge is 0.0420 e. The Bertz CT molecular complexity index is 304. The Morgan fingerprint density at radius 3 is 2.36 bits per heavy atom. The molecule has 0 nitrogen and oxygen atoms in total. The maximum absolute atomic E-state index is 3.77. The maximum atomic E-state index is 3.77. The summed E-state index contributed by atoms with van der Waals surface area (Å²) in [5.41, 5.74) is 4.16. The molecule has 1 rings (SSSR count). The molecule has 0 aromatic heterocycles. The van der Waals surface area contributed by atoms with E-state index in [0.29, 0.717) is 10.7 Å². The van der Waals surface area contributed by atoms with Crippen molar-refractivity contribution in [2.75, 3.05) is 0 Å². The minimum absolute atomic E-state index is 0.492. The number of hydrogen-bond donors (Lipinski definition) is 0. The van der Waals surface area contributed by atoms with Gasteiger partial charge in [-0.1, -0.05) is 54.4 Å². The Hall–Kier alpha value is -0.300. The van der Waals surface area contributed by atoms with E-state index in [9.17, 15) is 0 Å². The maximum Gasteiger partial charge on any atom is 0.0420 e. The molecule has 0 spiro atoms. The van der Waals surface area contributed by atoms with Crippen LogP contribution in [0.1, 0.15) is 41.8 Å². The van der Waals surface area contributed by atoms with Crippen LogP contribution in [-0.4, -0.2) is 0 Å². The molecule has 0 amide bonds. The van der Waals surface area contributed by atoms with E-state index in [4.69, 9.17) is 0 Å². The zero-order valence-corrected chi connectivity index (χ0v) is 11.1. The van der Waals surface area contributed by atoms with Gasteiger partial charge in [0, 0.05) is 4.83 Å². The second-order valence-electron chi connectivity index (χ2n) is 4.13.